The molecule has 2 unspecified atom stereocenters. The van der Waals surface area contributed by atoms with Gasteiger partial charge in [-0.2, -0.15) is 0 Å². The van der Waals surface area contributed by atoms with E-state index >= 15 is 0 Å². The van der Waals surface area contributed by atoms with Crippen LogP contribution < -0.4 is 0 Å². The van der Waals surface area contributed by atoms with E-state index in [2.05, 4.69) is 15.9 Å². The lowest BCUT2D eigenvalue weighted by Gasteiger charge is -2.28. The molecule has 5 heteroatoms. The predicted molar refractivity (Wildman–Crippen MR) is 83.9 cm³/mol. The Morgan fingerprint density at radius 2 is 2.14 bits per heavy atom. The number of hydrogen-bond acceptors (Lipinski definition) is 4. The Morgan fingerprint density at radius 3 is 2.76 bits per heavy atom. The van der Waals surface area contributed by atoms with Crippen molar-refractivity contribution in [1.82, 2.24) is 0 Å². The zero-order chi connectivity index (χ0) is 15.6. The van der Waals surface area contributed by atoms with Gasteiger partial charge in [-0.25, -0.2) is 0 Å². The number of furan rings is 1. The maximum absolute atomic E-state index is 12.0. The van der Waals surface area contributed by atoms with Gasteiger partial charge in [-0.1, -0.05) is 22.9 Å². The molecule has 2 aromatic rings. The van der Waals surface area contributed by atoms with E-state index < -0.39 is 17.5 Å². The first-order valence-electron chi connectivity index (χ1n) is 6.98. The highest BCUT2D eigenvalue weighted by molar-refractivity contribution is 9.10. The van der Waals surface area contributed by atoms with Crippen LogP contribution in [0.3, 0.4) is 0 Å². The molecule has 0 amide bonds. The molecule has 0 aliphatic rings. The van der Waals surface area contributed by atoms with Gasteiger partial charge >= 0.3 is 5.97 Å². The van der Waals surface area contributed by atoms with Gasteiger partial charge in [0.25, 0.3) is 0 Å². The van der Waals surface area contributed by atoms with Gasteiger partial charge in [0.2, 0.25) is 0 Å². The SMILES string of the molecule is CCOC(=O)C(CC)C(C)(O)c1cc2cc(Br)ccc2o1. The summed E-state index contributed by atoms with van der Waals surface area (Å²) in [5, 5.41) is 11.7. The Labute approximate surface area is 132 Å². The second-order valence-corrected chi connectivity index (χ2v) is 6.07. The van der Waals surface area contributed by atoms with E-state index in [1.165, 1.54) is 0 Å². The number of carbonyl (C=O) groups is 1. The first-order chi connectivity index (χ1) is 9.90. The van der Waals surface area contributed by atoms with Crippen LogP contribution in [0.5, 0.6) is 0 Å². The van der Waals surface area contributed by atoms with Crippen LogP contribution in [0.4, 0.5) is 0 Å². The summed E-state index contributed by atoms with van der Waals surface area (Å²) < 4.78 is 11.7. The van der Waals surface area contributed by atoms with Crippen LogP contribution in [0, 0.1) is 5.92 Å². The van der Waals surface area contributed by atoms with Gasteiger partial charge in [0.05, 0.1) is 12.5 Å². The molecule has 114 valence electrons. The Kier molecular flexibility index (Phi) is 4.74. The van der Waals surface area contributed by atoms with Crippen molar-refractivity contribution in [1.29, 1.82) is 0 Å². The zero-order valence-electron chi connectivity index (χ0n) is 12.4. The van der Waals surface area contributed by atoms with Crippen molar-refractivity contribution < 1.29 is 19.1 Å². The molecule has 0 aliphatic carbocycles. The summed E-state index contributed by atoms with van der Waals surface area (Å²) in [4.78, 5) is 12.0. The van der Waals surface area contributed by atoms with Crippen molar-refractivity contribution in [2.45, 2.75) is 32.8 Å². The lowest BCUT2D eigenvalue weighted by Crippen LogP contribution is -2.37. The summed E-state index contributed by atoms with van der Waals surface area (Å²) >= 11 is 3.40. The average Bonchev–Trinajstić information content (AvgIpc) is 2.83. The fraction of sp³-hybridized carbons (Fsp3) is 0.438. The van der Waals surface area contributed by atoms with Crippen LogP contribution in [0.1, 0.15) is 33.0 Å². The van der Waals surface area contributed by atoms with Crippen LogP contribution in [-0.4, -0.2) is 17.7 Å². The number of carbonyl (C=O) groups excluding carboxylic acids is 1. The standard InChI is InChI=1S/C16H19BrO4/c1-4-12(15(18)20-5-2)16(3,19)14-9-10-8-11(17)6-7-13(10)21-14/h6-9,12,19H,4-5H2,1-3H3. The lowest BCUT2D eigenvalue weighted by molar-refractivity contribution is -0.159. The summed E-state index contributed by atoms with van der Waals surface area (Å²) in [7, 11) is 0. The molecule has 0 saturated carbocycles. The zero-order valence-corrected chi connectivity index (χ0v) is 13.9. The highest BCUT2D eigenvalue weighted by Crippen LogP contribution is 2.36. The largest absolute Gasteiger partial charge is 0.466 e. The molecule has 1 aromatic heterocycles. The molecule has 0 saturated heterocycles. The highest BCUT2D eigenvalue weighted by atomic mass is 79.9. The Hall–Kier alpha value is -1.33. The molecule has 1 heterocycles. The van der Waals surface area contributed by atoms with Crippen molar-refractivity contribution in [3.05, 3.63) is 34.5 Å². The Balaban J connectivity index is 2.41. The van der Waals surface area contributed by atoms with Gasteiger partial charge < -0.3 is 14.3 Å². The molecule has 0 aliphatic heterocycles. The molecular weight excluding hydrogens is 336 g/mol. The minimum Gasteiger partial charge on any atom is -0.466 e. The van der Waals surface area contributed by atoms with E-state index in [9.17, 15) is 9.90 Å². The molecule has 1 aromatic carbocycles. The van der Waals surface area contributed by atoms with Crippen LogP contribution >= 0.6 is 15.9 Å². The third-order valence-corrected chi connectivity index (χ3v) is 4.13. The third-order valence-electron chi connectivity index (χ3n) is 3.64. The molecule has 0 fully saturated rings. The second-order valence-electron chi connectivity index (χ2n) is 5.15. The molecule has 2 atom stereocenters. The van der Waals surface area contributed by atoms with E-state index in [4.69, 9.17) is 9.15 Å². The monoisotopic (exact) mass is 354 g/mol. The molecule has 0 bridgehead atoms. The molecule has 4 nitrogen and oxygen atoms in total. The fourth-order valence-electron chi connectivity index (χ4n) is 2.47. The summed E-state index contributed by atoms with van der Waals surface area (Å²) in [5.74, 6) is -0.705. The third kappa shape index (κ3) is 3.14. The molecular formula is C16H19BrO4. The van der Waals surface area contributed by atoms with Gasteiger partial charge in [-0.05, 0) is 44.5 Å². The van der Waals surface area contributed by atoms with E-state index in [0.29, 0.717) is 24.4 Å². The number of aliphatic hydroxyl groups is 1. The van der Waals surface area contributed by atoms with Gasteiger partial charge in [-0.3, -0.25) is 4.79 Å². The first-order valence-corrected chi connectivity index (χ1v) is 7.78. The minimum absolute atomic E-state index is 0.290. The number of esters is 1. The Morgan fingerprint density at radius 1 is 1.43 bits per heavy atom. The van der Waals surface area contributed by atoms with Crippen molar-refractivity contribution in [3.8, 4) is 0 Å². The summed E-state index contributed by atoms with van der Waals surface area (Å²) in [6.07, 6.45) is 0.465. The second kappa shape index (κ2) is 6.20. The normalized spacial score (nSPS) is 15.7. The van der Waals surface area contributed by atoms with E-state index in [1.54, 1.807) is 19.9 Å². The quantitative estimate of drug-likeness (QED) is 0.824. The van der Waals surface area contributed by atoms with Gasteiger partial charge in [0, 0.05) is 9.86 Å². The van der Waals surface area contributed by atoms with Crippen molar-refractivity contribution in [2.75, 3.05) is 6.61 Å². The van der Waals surface area contributed by atoms with E-state index in [0.717, 1.165) is 9.86 Å². The van der Waals surface area contributed by atoms with Crippen LogP contribution in [0.25, 0.3) is 11.0 Å². The minimum atomic E-state index is -1.41. The van der Waals surface area contributed by atoms with Crippen molar-refractivity contribution >= 4 is 32.9 Å². The van der Waals surface area contributed by atoms with Crippen LogP contribution in [0.15, 0.2) is 33.2 Å². The first kappa shape index (κ1) is 16.0. The molecule has 21 heavy (non-hydrogen) atoms. The molecule has 2 rings (SSSR count). The van der Waals surface area contributed by atoms with Crippen molar-refractivity contribution in [3.63, 3.8) is 0 Å². The van der Waals surface area contributed by atoms with Crippen LogP contribution in [-0.2, 0) is 15.1 Å². The summed E-state index contributed by atoms with van der Waals surface area (Å²) in [6.45, 7) is 5.47. The molecule has 0 radical (unpaired) electrons. The maximum atomic E-state index is 12.0. The molecule has 1 N–H and O–H groups in total. The fourth-order valence-corrected chi connectivity index (χ4v) is 2.85. The van der Waals surface area contributed by atoms with Gasteiger partial charge in [0.15, 0.2) is 0 Å². The van der Waals surface area contributed by atoms with E-state index in [1.807, 2.05) is 25.1 Å². The summed E-state index contributed by atoms with van der Waals surface area (Å²) in [6, 6.07) is 7.36. The maximum Gasteiger partial charge on any atom is 0.312 e. The van der Waals surface area contributed by atoms with E-state index in [-0.39, 0.29) is 0 Å². The number of benzene rings is 1. The number of ether oxygens (including phenoxy) is 1. The highest BCUT2D eigenvalue weighted by Gasteiger charge is 2.41. The smallest absolute Gasteiger partial charge is 0.312 e. The van der Waals surface area contributed by atoms with Gasteiger partial charge in [0.1, 0.15) is 16.9 Å². The van der Waals surface area contributed by atoms with Crippen LogP contribution in [0.2, 0.25) is 0 Å². The van der Waals surface area contributed by atoms with Crippen molar-refractivity contribution in [2.24, 2.45) is 5.92 Å². The lowest BCUT2D eigenvalue weighted by atomic mass is 9.85. The number of halogens is 1. The number of hydrogen-bond donors (Lipinski definition) is 1. The average molecular weight is 355 g/mol. The number of fused-ring (bicyclic) bond motifs is 1. The van der Waals surface area contributed by atoms with Gasteiger partial charge in [-0.15, -0.1) is 0 Å². The summed E-state index contributed by atoms with van der Waals surface area (Å²) in [5.41, 5.74) is -0.737. The predicted octanol–water partition coefficient (Wildman–Crippen LogP) is 3.99. The molecule has 0 spiro atoms. The number of rotatable bonds is 5. The topological polar surface area (TPSA) is 59.7 Å². The Bertz CT molecular complexity index is 645.